The SMILES string of the molecule is CCCCOc1cc2ncnc(Nc3ccc(Cl)cc3F)c2cc1OC. The maximum absolute atomic E-state index is 14.1. The average molecular weight is 376 g/mol. The molecule has 7 heteroatoms. The molecule has 0 bridgehead atoms. The Hall–Kier alpha value is -2.60. The van der Waals surface area contributed by atoms with Crippen molar-refractivity contribution in [3.8, 4) is 11.5 Å². The molecular weight excluding hydrogens is 357 g/mol. The zero-order valence-electron chi connectivity index (χ0n) is 14.6. The highest BCUT2D eigenvalue weighted by atomic mass is 35.5. The summed E-state index contributed by atoms with van der Waals surface area (Å²) in [7, 11) is 1.57. The van der Waals surface area contributed by atoms with Gasteiger partial charge >= 0.3 is 0 Å². The molecule has 5 nitrogen and oxygen atoms in total. The molecule has 0 aliphatic rings. The van der Waals surface area contributed by atoms with Crippen LogP contribution in [-0.4, -0.2) is 23.7 Å². The Morgan fingerprint density at radius 3 is 2.73 bits per heavy atom. The number of unbranched alkanes of at least 4 members (excludes halogenated alkanes) is 1. The molecule has 0 fully saturated rings. The molecule has 0 saturated heterocycles. The Morgan fingerprint density at radius 2 is 2.00 bits per heavy atom. The number of hydrogen-bond acceptors (Lipinski definition) is 5. The third-order valence-electron chi connectivity index (χ3n) is 3.86. The lowest BCUT2D eigenvalue weighted by atomic mass is 10.2. The Morgan fingerprint density at radius 1 is 1.15 bits per heavy atom. The van der Waals surface area contributed by atoms with Crippen molar-refractivity contribution in [2.24, 2.45) is 0 Å². The zero-order chi connectivity index (χ0) is 18.5. The molecule has 0 unspecified atom stereocenters. The van der Waals surface area contributed by atoms with E-state index < -0.39 is 5.82 Å². The summed E-state index contributed by atoms with van der Waals surface area (Å²) in [6, 6.07) is 8.00. The van der Waals surface area contributed by atoms with Gasteiger partial charge in [-0.15, -0.1) is 0 Å². The summed E-state index contributed by atoms with van der Waals surface area (Å²) in [5, 5.41) is 4.01. The Balaban J connectivity index is 1.98. The van der Waals surface area contributed by atoms with Gasteiger partial charge in [0.2, 0.25) is 0 Å². The first kappa shape index (κ1) is 18.2. The molecule has 0 atom stereocenters. The number of halogens is 2. The van der Waals surface area contributed by atoms with E-state index in [2.05, 4.69) is 22.2 Å². The number of methoxy groups -OCH3 is 1. The normalized spacial score (nSPS) is 10.8. The summed E-state index contributed by atoms with van der Waals surface area (Å²) in [5.41, 5.74) is 0.945. The van der Waals surface area contributed by atoms with Gasteiger partial charge in [0.15, 0.2) is 11.5 Å². The van der Waals surface area contributed by atoms with Crippen molar-refractivity contribution in [3.63, 3.8) is 0 Å². The van der Waals surface area contributed by atoms with Crippen LogP contribution in [0.1, 0.15) is 19.8 Å². The molecule has 1 N–H and O–H groups in total. The maximum atomic E-state index is 14.1. The third-order valence-corrected chi connectivity index (χ3v) is 4.10. The predicted molar refractivity (Wildman–Crippen MR) is 101 cm³/mol. The van der Waals surface area contributed by atoms with Gasteiger partial charge in [-0.1, -0.05) is 24.9 Å². The van der Waals surface area contributed by atoms with Crippen molar-refractivity contribution in [2.75, 3.05) is 19.0 Å². The monoisotopic (exact) mass is 375 g/mol. The lowest BCUT2D eigenvalue weighted by Crippen LogP contribution is -2.01. The minimum atomic E-state index is -0.462. The number of anilines is 2. The second kappa shape index (κ2) is 8.19. The fraction of sp³-hybridized carbons (Fsp3) is 0.263. The highest BCUT2D eigenvalue weighted by molar-refractivity contribution is 6.30. The Bertz CT molecular complexity index is 921. The van der Waals surface area contributed by atoms with Gasteiger partial charge in [-0.25, -0.2) is 14.4 Å². The number of ether oxygens (including phenoxy) is 2. The third kappa shape index (κ3) is 3.96. The molecule has 136 valence electrons. The summed E-state index contributed by atoms with van der Waals surface area (Å²) in [6.45, 7) is 2.70. The quantitative estimate of drug-likeness (QED) is 0.564. The lowest BCUT2D eigenvalue weighted by molar-refractivity contribution is 0.289. The van der Waals surface area contributed by atoms with Crippen LogP contribution in [0.5, 0.6) is 11.5 Å². The highest BCUT2D eigenvalue weighted by Crippen LogP contribution is 2.35. The molecule has 0 radical (unpaired) electrons. The van der Waals surface area contributed by atoms with Crippen molar-refractivity contribution in [2.45, 2.75) is 19.8 Å². The minimum Gasteiger partial charge on any atom is -0.493 e. The molecule has 2 aromatic carbocycles. The van der Waals surface area contributed by atoms with E-state index in [1.54, 1.807) is 31.4 Å². The van der Waals surface area contributed by atoms with Gasteiger partial charge in [0.25, 0.3) is 0 Å². The van der Waals surface area contributed by atoms with Crippen LogP contribution in [0.2, 0.25) is 5.02 Å². The van der Waals surface area contributed by atoms with Crippen LogP contribution < -0.4 is 14.8 Å². The van der Waals surface area contributed by atoms with Gasteiger partial charge in [-0.05, 0) is 30.7 Å². The van der Waals surface area contributed by atoms with E-state index in [9.17, 15) is 4.39 Å². The molecule has 3 rings (SSSR count). The van der Waals surface area contributed by atoms with E-state index in [1.165, 1.54) is 12.4 Å². The van der Waals surface area contributed by atoms with Crippen molar-refractivity contribution in [1.29, 1.82) is 0 Å². The van der Waals surface area contributed by atoms with Gasteiger partial charge in [-0.2, -0.15) is 0 Å². The van der Waals surface area contributed by atoms with Crippen molar-refractivity contribution in [1.82, 2.24) is 9.97 Å². The lowest BCUT2D eigenvalue weighted by Gasteiger charge is -2.14. The van der Waals surface area contributed by atoms with E-state index in [1.807, 2.05) is 0 Å². The van der Waals surface area contributed by atoms with Crippen LogP contribution in [0, 0.1) is 5.82 Å². The van der Waals surface area contributed by atoms with Crippen LogP contribution in [0.3, 0.4) is 0 Å². The maximum Gasteiger partial charge on any atom is 0.163 e. The zero-order valence-corrected chi connectivity index (χ0v) is 15.3. The van der Waals surface area contributed by atoms with E-state index in [-0.39, 0.29) is 5.69 Å². The van der Waals surface area contributed by atoms with E-state index >= 15 is 0 Å². The Labute approximate surface area is 156 Å². The van der Waals surface area contributed by atoms with E-state index in [0.29, 0.717) is 39.8 Å². The van der Waals surface area contributed by atoms with E-state index in [0.717, 1.165) is 12.8 Å². The molecule has 0 saturated carbocycles. The molecule has 1 heterocycles. The smallest absolute Gasteiger partial charge is 0.163 e. The molecular formula is C19H19ClFN3O2. The van der Waals surface area contributed by atoms with Crippen LogP contribution in [0.15, 0.2) is 36.7 Å². The number of fused-ring (bicyclic) bond motifs is 1. The van der Waals surface area contributed by atoms with Gasteiger partial charge in [0.05, 0.1) is 24.9 Å². The predicted octanol–water partition coefficient (Wildman–Crippen LogP) is 5.35. The summed E-state index contributed by atoms with van der Waals surface area (Å²) in [5.74, 6) is 1.20. The summed E-state index contributed by atoms with van der Waals surface area (Å²) >= 11 is 5.80. The molecule has 1 aromatic heterocycles. The van der Waals surface area contributed by atoms with E-state index in [4.69, 9.17) is 21.1 Å². The first-order valence-electron chi connectivity index (χ1n) is 8.30. The standard InChI is InChI=1S/C19H19ClFN3O2/c1-3-4-7-26-18-10-16-13(9-17(18)25-2)19(23-11-22-16)24-15-6-5-12(20)8-14(15)21/h5-6,8-11H,3-4,7H2,1-2H3,(H,22,23,24). The average Bonchev–Trinajstić information content (AvgIpc) is 2.64. The number of hydrogen-bond donors (Lipinski definition) is 1. The van der Waals surface area contributed by atoms with Crippen LogP contribution in [-0.2, 0) is 0 Å². The second-order valence-corrected chi connectivity index (χ2v) is 6.13. The fourth-order valence-electron chi connectivity index (χ4n) is 2.48. The molecule has 3 aromatic rings. The number of rotatable bonds is 7. The molecule has 0 aliphatic heterocycles. The Kier molecular flexibility index (Phi) is 5.73. The first-order valence-corrected chi connectivity index (χ1v) is 8.67. The molecule has 0 spiro atoms. The van der Waals surface area contributed by atoms with Crippen molar-refractivity contribution < 1.29 is 13.9 Å². The second-order valence-electron chi connectivity index (χ2n) is 5.69. The number of aromatic nitrogens is 2. The largest absolute Gasteiger partial charge is 0.493 e. The highest BCUT2D eigenvalue weighted by Gasteiger charge is 2.13. The molecule has 0 amide bonds. The number of benzene rings is 2. The van der Waals surface area contributed by atoms with Gasteiger partial charge in [0, 0.05) is 16.5 Å². The van der Waals surface area contributed by atoms with Crippen molar-refractivity contribution >= 4 is 34.0 Å². The van der Waals surface area contributed by atoms with Crippen LogP contribution >= 0.6 is 11.6 Å². The van der Waals surface area contributed by atoms with Crippen LogP contribution in [0.4, 0.5) is 15.9 Å². The van der Waals surface area contributed by atoms with Gasteiger partial charge < -0.3 is 14.8 Å². The summed E-state index contributed by atoms with van der Waals surface area (Å²) in [4.78, 5) is 8.51. The number of nitrogens with zero attached hydrogens (tertiary/aromatic N) is 2. The minimum absolute atomic E-state index is 0.275. The molecule has 26 heavy (non-hydrogen) atoms. The first-order chi connectivity index (χ1) is 12.6. The van der Waals surface area contributed by atoms with Gasteiger partial charge in [-0.3, -0.25) is 0 Å². The van der Waals surface area contributed by atoms with Gasteiger partial charge in [0.1, 0.15) is 18.0 Å². The summed E-state index contributed by atoms with van der Waals surface area (Å²) in [6.07, 6.45) is 3.41. The van der Waals surface area contributed by atoms with Crippen LogP contribution in [0.25, 0.3) is 10.9 Å². The topological polar surface area (TPSA) is 56.3 Å². The fourth-order valence-corrected chi connectivity index (χ4v) is 2.64. The number of nitrogens with one attached hydrogen (secondary N) is 1. The van der Waals surface area contributed by atoms with Crippen molar-refractivity contribution in [3.05, 3.63) is 47.5 Å². The summed E-state index contributed by atoms with van der Waals surface area (Å²) < 4.78 is 25.3. The molecule has 0 aliphatic carbocycles.